The second-order valence-electron chi connectivity index (χ2n) is 5.51. The molecule has 116 valence electrons. The number of hydrogen-bond acceptors (Lipinski definition) is 5. The Kier molecular flexibility index (Phi) is 4.53. The van der Waals surface area contributed by atoms with E-state index in [1.807, 2.05) is 31.2 Å². The lowest BCUT2D eigenvalue weighted by Gasteiger charge is -2.20. The Morgan fingerprint density at radius 3 is 3.00 bits per heavy atom. The molecule has 5 heteroatoms. The summed E-state index contributed by atoms with van der Waals surface area (Å²) in [7, 11) is 1.64. The maximum atomic E-state index is 5.42. The fourth-order valence-corrected chi connectivity index (χ4v) is 2.69. The summed E-state index contributed by atoms with van der Waals surface area (Å²) in [4.78, 5) is 4.51. The average molecular weight is 299 g/mol. The zero-order valence-electron chi connectivity index (χ0n) is 13.0. The quantitative estimate of drug-likeness (QED) is 0.856. The first-order chi connectivity index (χ1) is 10.8. The highest BCUT2D eigenvalue weighted by molar-refractivity contribution is 5.63. The molecule has 0 aliphatic heterocycles. The second-order valence-corrected chi connectivity index (χ2v) is 5.51. The molecule has 5 nitrogen and oxygen atoms in total. The smallest absolute Gasteiger partial charge is 0.243 e. The van der Waals surface area contributed by atoms with Crippen molar-refractivity contribution in [3.8, 4) is 17.1 Å². The van der Waals surface area contributed by atoms with Gasteiger partial charge in [-0.1, -0.05) is 29.4 Å². The van der Waals surface area contributed by atoms with E-state index < -0.39 is 0 Å². The lowest BCUT2D eigenvalue weighted by molar-refractivity contribution is 0.327. The Bertz CT molecular complexity index is 651. The van der Waals surface area contributed by atoms with Crippen LogP contribution in [0.2, 0.25) is 0 Å². The van der Waals surface area contributed by atoms with Gasteiger partial charge in [-0.15, -0.1) is 0 Å². The van der Waals surface area contributed by atoms with Gasteiger partial charge in [-0.25, -0.2) is 0 Å². The van der Waals surface area contributed by atoms with E-state index in [1.54, 1.807) is 7.11 Å². The van der Waals surface area contributed by atoms with E-state index in [4.69, 9.17) is 9.26 Å². The average Bonchev–Trinajstić information content (AvgIpc) is 3.05. The van der Waals surface area contributed by atoms with Crippen LogP contribution in [0.15, 0.2) is 40.9 Å². The van der Waals surface area contributed by atoms with Crippen LogP contribution in [0.25, 0.3) is 11.4 Å². The number of aromatic nitrogens is 2. The Balaban J connectivity index is 1.75. The zero-order chi connectivity index (χ0) is 15.4. The van der Waals surface area contributed by atoms with E-state index in [9.17, 15) is 0 Å². The van der Waals surface area contributed by atoms with Gasteiger partial charge < -0.3 is 9.26 Å². The predicted molar refractivity (Wildman–Crippen MR) is 84.6 cm³/mol. The van der Waals surface area contributed by atoms with Crippen molar-refractivity contribution < 1.29 is 9.26 Å². The number of methoxy groups -OCH3 is 1. The van der Waals surface area contributed by atoms with E-state index >= 15 is 0 Å². The molecule has 22 heavy (non-hydrogen) atoms. The molecule has 1 aromatic carbocycles. The molecule has 0 spiro atoms. The molecule has 0 amide bonds. The van der Waals surface area contributed by atoms with Crippen LogP contribution in [-0.2, 0) is 0 Å². The molecule has 0 fully saturated rings. The third-order valence-corrected chi connectivity index (χ3v) is 3.88. The van der Waals surface area contributed by atoms with Crippen molar-refractivity contribution in [3.63, 3.8) is 0 Å². The van der Waals surface area contributed by atoms with Gasteiger partial charge in [0.15, 0.2) is 0 Å². The number of hydrogen-bond donors (Lipinski definition) is 1. The summed E-state index contributed by atoms with van der Waals surface area (Å²) in [6.45, 7) is 2.04. The molecule has 2 aromatic rings. The minimum Gasteiger partial charge on any atom is -0.496 e. The normalized spacial score (nSPS) is 19.1. The monoisotopic (exact) mass is 299 g/mol. The van der Waals surface area contributed by atoms with Crippen LogP contribution in [0.1, 0.15) is 38.1 Å². The summed E-state index contributed by atoms with van der Waals surface area (Å²) in [5.74, 6) is 1.89. The van der Waals surface area contributed by atoms with Gasteiger partial charge in [0.1, 0.15) is 5.75 Å². The maximum Gasteiger partial charge on any atom is 0.243 e. The van der Waals surface area contributed by atoms with E-state index in [2.05, 4.69) is 27.6 Å². The number of nitrogens with one attached hydrogen (secondary N) is 1. The van der Waals surface area contributed by atoms with Gasteiger partial charge in [-0.2, -0.15) is 4.98 Å². The Labute approximate surface area is 130 Å². The van der Waals surface area contributed by atoms with Crippen molar-refractivity contribution in [1.29, 1.82) is 0 Å². The summed E-state index contributed by atoms with van der Waals surface area (Å²) in [6, 6.07) is 8.06. The van der Waals surface area contributed by atoms with Crippen LogP contribution in [0.4, 0.5) is 0 Å². The number of nitrogens with zero attached hydrogens (tertiary/aromatic N) is 2. The summed E-state index contributed by atoms with van der Waals surface area (Å²) in [5, 5.41) is 7.60. The third-order valence-electron chi connectivity index (χ3n) is 3.88. The maximum absolute atomic E-state index is 5.42. The lowest BCUT2D eigenvalue weighted by Crippen LogP contribution is -2.31. The van der Waals surface area contributed by atoms with Crippen LogP contribution < -0.4 is 10.1 Å². The van der Waals surface area contributed by atoms with Crippen LogP contribution in [0.3, 0.4) is 0 Å². The fourth-order valence-electron chi connectivity index (χ4n) is 2.69. The molecule has 1 aromatic heterocycles. The number of rotatable bonds is 5. The fraction of sp³-hybridized carbons (Fsp3) is 0.412. The Morgan fingerprint density at radius 2 is 2.23 bits per heavy atom. The minimum absolute atomic E-state index is 0.0173. The number of para-hydroxylation sites is 1. The number of ether oxygens (including phenoxy) is 1. The standard InChI is InChI=1S/C17H21N3O2/c1-12(18-13-8-4-3-5-9-13)17-19-16(20-22-17)14-10-6-7-11-15(14)21-2/h4,6-8,10-13,18H,3,5,9H2,1-2H3/t12-,13+/m0/s1. The van der Waals surface area contributed by atoms with Crippen molar-refractivity contribution >= 4 is 0 Å². The largest absolute Gasteiger partial charge is 0.496 e. The molecular formula is C17H21N3O2. The van der Waals surface area contributed by atoms with E-state index in [1.165, 1.54) is 12.8 Å². The second kappa shape index (κ2) is 6.75. The first-order valence-electron chi connectivity index (χ1n) is 7.67. The van der Waals surface area contributed by atoms with Crippen LogP contribution in [0, 0.1) is 0 Å². The summed E-state index contributed by atoms with van der Waals surface area (Å²) < 4.78 is 10.8. The van der Waals surface area contributed by atoms with E-state index in [-0.39, 0.29) is 6.04 Å². The van der Waals surface area contributed by atoms with Crippen molar-refractivity contribution in [2.24, 2.45) is 0 Å². The van der Waals surface area contributed by atoms with E-state index in [0.717, 1.165) is 17.7 Å². The number of benzene rings is 1. The SMILES string of the molecule is COc1ccccc1-c1noc([C@H](C)N[C@@H]2C=CCCC2)n1. The summed E-state index contributed by atoms with van der Waals surface area (Å²) in [5.41, 5.74) is 0.838. The van der Waals surface area contributed by atoms with Crippen molar-refractivity contribution in [1.82, 2.24) is 15.5 Å². The molecular weight excluding hydrogens is 278 g/mol. The molecule has 0 bridgehead atoms. The highest BCUT2D eigenvalue weighted by atomic mass is 16.5. The molecule has 3 rings (SSSR count). The highest BCUT2D eigenvalue weighted by Crippen LogP contribution is 2.28. The first-order valence-corrected chi connectivity index (χ1v) is 7.67. The molecule has 1 aliphatic carbocycles. The topological polar surface area (TPSA) is 60.2 Å². The number of allylic oxidation sites excluding steroid dienone is 1. The van der Waals surface area contributed by atoms with Gasteiger partial charge in [-0.05, 0) is 38.3 Å². The Morgan fingerprint density at radius 1 is 1.36 bits per heavy atom. The van der Waals surface area contributed by atoms with Crippen LogP contribution in [0.5, 0.6) is 5.75 Å². The van der Waals surface area contributed by atoms with Gasteiger partial charge >= 0.3 is 0 Å². The lowest BCUT2D eigenvalue weighted by atomic mass is 10.0. The molecule has 0 unspecified atom stereocenters. The van der Waals surface area contributed by atoms with Gasteiger partial charge in [0.05, 0.1) is 18.7 Å². The van der Waals surface area contributed by atoms with E-state index in [0.29, 0.717) is 17.8 Å². The van der Waals surface area contributed by atoms with Gasteiger partial charge in [0.2, 0.25) is 11.7 Å². The van der Waals surface area contributed by atoms with Crippen LogP contribution in [-0.4, -0.2) is 23.3 Å². The molecule has 0 saturated heterocycles. The predicted octanol–water partition coefficient (Wildman–Crippen LogP) is 3.50. The van der Waals surface area contributed by atoms with Crippen molar-refractivity contribution in [2.45, 2.75) is 38.3 Å². The highest BCUT2D eigenvalue weighted by Gasteiger charge is 2.19. The third kappa shape index (κ3) is 3.20. The van der Waals surface area contributed by atoms with Crippen molar-refractivity contribution in [2.75, 3.05) is 7.11 Å². The van der Waals surface area contributed by atoms with Gasteiger partial charge in [0, 0.05) is 6.04 Å². The molecule has 2 atom stereocenters. The molecule has 1 N–H and O–H groups in total. The van der Waals surface area contributed by atoms with Gasteiger partial charge in [-0.3, -0.25) is 5.32 Å². The minimum atomic E-state index is 0.0173. The molecule has 0 radical (unpaired) electrons. The van der Waals surface area contributed by atoms with Gasteiger partial charge in [0.25, 0.3) is 0 Å². The summed E-state index contributed by atoms with van der Waals surface area (Å²) >= 11 is 0. The van der Waals surface area contributed by atoms with Crippen molar-refractivity contribution in [3.05, 3.63) is 42.3 Å². The zero-order valence-corrected chi connectivity index (χ0v) is 13.0. The first kappa shape index (κ1) is 14.8. The summed E-state index contributed by atoms with van der Waals surface area (Å²) in [6.07, 6.45) is 7.98. The Hall–Kier alpha value is -2.14. The van der Waals surface area contributed by atoms with Crippen LogP contribution >= 0.6 is 0 Å². The molecule has 1 aliphatic rings. The molecule has 1 heterocycles. The molecule has 0 saturated carbocycles.